The molecule has 0 spiro atoms. The number of likely N-dealkylation sites (tertiary alicyclic amines) is 1. The highest BCUT2D eigenvalue weighted by atomic mass is 35.5. The zero-order valence-electron chi connectivity index (χ0n) is 20.0. The molecule has 4 rings (SSSR count). The molecule has 0 saturated carbocycles. The molecule has 2 aliphatic heterocycles. The number of carbonyl (C=O) groups is 2. The SMILES string of the molecule is CCOC(=O)NC1(c2ccccc2)CCN(C2OC(c3ccc(Cl)c(Cl)c3)CN(CC)C2=O)CC1. The predicted molar refractivity (Wildman–Crippen MR) is 135 cm³/mol. The average Bonchev–Trinajstić information content (AvgIpc) is 2.87. The Kier molecular flexibility index (Phi) is 8.22. The van der Waals surface area contributed by atoms with Crippen LogP contribution in [0.15, 0.2) is 48.5 Å². The van der Waals surface area contributed by atoms with Gasteiger partial charge >= 0.3 is 6.09 Å². The van der Waals surface area contributed by atoms with E-state index in [0.29, 0.717) is 55.7 Å². The number of halogens is 2. The molecule has 9 heteroatoms. The largest absolute Gasteiger partial charge is 0.450 e. The number of alkyl carbamates (subject to hydrolysis) is 1. The molecule has 2 saturated heterocycles. The summed E-state index contributed by atoms with van der Waals surface area (Å²) in [5, 5.41) is 4.04. The minimum Gasteiger partial charge on any atom is -0.450 e. The maximum atomic E-state index is 13.3. The van der Waals surface area contributed by atoms with Crippen LogP contribution in [0.4, 0.5) is 4.79 Å². The van der Waals surface area contributed by atoms with E-state index in [9.17, 15) is 9.59 Å². The fourth-order valence-electron chi connectivity index (χ4n) is 4.87. The molecule has 2 unspecified atom stereocenters. The maximum Gasteiger partial charge on any atom is 0.407 e. The van der Waals surface area contributed by atoms with Gasteiger partial charge in [-0.3, -0.25) is 9.69 Å². The van der Waals surface area contributed by atoms with E-state index in [4.69, 9.17) is 32.7 Å². The Bertz CT molecular complexity index is 1040. The highest BCUT2D eigenvalue weighted by Gasteiger charge is 2.44. The summed E-state index contributed by atoms with van der Waals surface area (Å²) in [5.74, 6) is -0.0469. The van der Waals surface area contributed by atoms with Crippen molar-refractivity contribution in [2.75, 3.05) is 32.8 Å². The Labute approximate surface area is 216 Å². The van der Waals surface area contributed by atoms with E-state index >= 15 is 0 Å². The van der Waals surface area contributed by atoms with E-state index in [-0.39, 0.29) is 12.0 Å². The van der Waals surface area contributed by atoms with Crippen molar-refractivity contribution in [1.82, 2.24) is 15.1 Å². The van der Waals surface area contributed by atoms with Crippen molar-refractivity contribution in [1.29, 1.82) is 0 Å². The second kappa shape index (κ2) is 11.2. The summed E-state index contributed by atoms with van der Waals surface area (Å²) in [5.41, 5.74) is 1.33. The quantitative estimate of drug-likeness (QED) is 0.582. The number of rotatable bonds is 6. The summed E-state index contributed by atoms with van der Waals surface area (Å²) in [6.45, 7) is 6.24. The van der Waals surface area contributed by atoms with E-state index < -0.39 is 17.9 Å². The summed E-state index contributed by atoms with van der Waals surface area (Å²) in [7, 11) is 0. The van der Waals surface area contributed by atoms with Crippen LogP contribution < -0.4 is 5.32 Å². The third-order valence-corrected chi connectivity index (χ3v) is 7.56. The molecule has 35 heavy (non-hydrogen) atoms. The van der Waals surface area contributed by atoms with Crippen LogP contribution in [-0.2, 0) is 19.8 Å². The summed E-state index contributed by atoms with van der Waals surface area (Å²) in [4.78, 5) is 29.6. The number of nitrogens with zero attached hydrogens (tertiary/aromatic N) is 2. The number of amides is 2. The van der Waals surface area contributed by atoms with Gasteiger partial charge in [-0.15, -0.1) is 0 Å². The fourth-order valence-corrected chi connectivity index (χ4v) is 5.18. The Morgan fingerprint density at radius 3 is 2.46 bits per heavy atom. The van der Waals surface area contributed by atoms with Crippen molar-refractivity contribution < 1.29 is 19.1 Å². The number of morpholine rings is 1. The van der Waals surface area contributed by atoms with Crippen molar-refractivity contribution in [3.8, 4) is 0 Å². The van der Waals surface area contributed by atoms with Gasteiger partial charge in [0.15, 0.2) is 6.23 Å². The molecule has 2 heterocycles. The first-order valence-corrected chi connectivity index (χ1v) is 12.8. The van der Waals surface area contributed by atoms with Gasteiger partial charge in [0.2, 0.25) is 0 Å². The molecule has 2 aromatic rings. The van der Waals surface area contributed by atoms with Crippen LogP contribution in [0.25, 0.3) is 0 Å². The van der Waals surface area contributed by atoms with Gasteiger partial charge in [-0.1, -0.05) is 59.6 Å². The summed E-state index contributed by atoms with van der Waals surface area (Å²) >= 11 is 12.3. The molecule has 2 amide bonds. The van der Waals surface area contributed by atoms with Crippen LogP contribution in [-0.4, -0.2) is 60.8 Å². The second-order valence-electron chi connectivity index (χ2n) is 8.86. The second-order valence-corrected chi connectivity index (χ2v) is 9.67. The molecule has 0 aromatic heterocycles. The zero-order chi connectivity index (χ0) is 25.0. The minimum absolute atomic E-state index is 0.0469. The molecular formula is C26H31Cl2N3O4. The van der Waals surface area contributed by atoms with Crippen molar-refractivity contribution in [3.63, 3.8) is 0 Å². The van der Waals surface area contributed by atoms with E-state index in [1.807, 2.05) is 48.2 Å². The molecule has 0 radical (unpaired) electrons. The molecule has 2 aromatic carbocycles. The first kappa shape index (κ1) is 25.8. The number of nitrogens with one attached hydrogen (secondary N) is 1. The lowest BCUT2D eigenvalue weighted by Crippen LogP contribution is -2.60. The Morgan fingerprint density at radius 1 is 1.11 bits per heavy atom. The van der Waals surface area contributed by atoms with Gasteiger partial charge in [0.25, 0.3) is 5.91 Å². The van der Waals surface area contributed by atoms with Crippen LogP contribution in [0, 0.1) is 0 Å². The van der Waals surface area contributed by atoms with Gasteiger partial charge in [0.05, 0.1) is 28.7 Å². The standard InChI is InChI=1S/C26H31Cl2N3O4/c1-3-30-17-22(18-10-11-20(27)21(28)16-18)35-24(23(30)32)31-14-12-26(13-15-31,29-25(33)34-4-2)19-8-6-5-7-9-19/h5-11,16,22,24H,3-4,12-15,17H2,1-2H3,(H,29,33). The van der Waals surface area contributed by atoms with Gasteiger partial charge in [-0.25, -0.2) is 4.79 Å². The number of likely N-dealkylation sites (N-methyl/N-ethyl adjacent to an activating group) is 1. The number of hydrogen-bond donors (Lipinski definition) is 1. The van der Waals surface area contributed by atoms with Crippen molar-refractivity contribution in [3.05, 3.63) is 69.7 Å². The van der Waals surface area contributed by atoms with Crippen LogP contribution >= 0.6 is 23.2 Å². The molecule has 0 bridgehead atoms. The number of carbonyl (C=O) groups excluding carboxylic acids is 2. The Hall–Kier alpha value is -2.32. The van der Waals surface area contributed by atoms with Crippen molar-refractivity contribution >= 4 is 35.2 Å². The molecule has 2 fully saturated rings. The highest BCUT2D eigenvalue weighted by Crippen LogP contribution is 2.37. The number of benzene rings is 2. The number of ether oxygens (including phenoxy) is 2. The molecule has 2 aliphatic rings. The lowest BCUT2D eigenvalue weighted by molar-refractivity contribution is -0.188. The molecule has 0 aliphatic carbocycles. The molecular weight excluding hydrogens is 489 g/mol. The normalized spacial score (nSPS) is 22.6. The lowest BCUT2D eigenvalue weighted by atomic mass is 9.80. The lowest BCUT2D eigenvalue weighted by Gasteiger charge is -2.47. The van der Waals surface area contributed by atoms with E-state index in [0.717, 1.165) is 11.1 Å². The first-order valence-electron chi connectivity index (χ1n) is 12.0. The first-order chi connectivity index (χ1) is 16.9. The Morgan fingerprint density at radius 2 is 1.83 bits per heavy atom. The highest BCUT2D eigenvalue weighted by molar-refractivity contribution is 6.42. The van der Waals surface area contributed by atoms with Crippen molar-refractivity contribution in [2.45, 2.75) is 44.6 Å². The average molecular weight is 520 g/mol. The van der Waals surface area contributed by atoms with E-state index in [1.54, 1.807) is 19.1 Å². The van der Waals surface area contributed by atoms with Crippen LogP contribution in [0.5, 0.6) is 0 Å². The van der Waals surface area contributed by atoms with Gasteiger partial charge in [0, 0.05) is 19.6 Å². The van der Waals surface area contributed by atoms with Crippen LogP contribution in [0.3, 0.4) is 0 Å². The maximum absolute atomic E-state index is 13.3. The minimum atomic E-state index is -0.709. The summed E-state index contributed by atoms with van der Waals surface area (Å²) in [6, 6.07) is 15.4. The fraction of sp³-hybridized carbons (Fsp3) is 0.462. The third kappa shape index (κ3) is 5.59. The van der Waals surface area contributed by atoms with Crippen LogP contribution in [0.2, 0.25) is 10.0 Å². The Balaban J connectivity index is 1.54. The number of hydrogen-bond acceptors (Lipinski definition) is 5. The zero-order valence-corrected chi connectivity index (χ0v) is 21.5. The topological polar surface area (TPSA) is 71.1 Å². The molecule has 7 nitrogen and oxygen atoms in total. The molecule has 1 N–H and O–H groups in total. The van der Waals surface area contributed by atoms with Gasteiger partial charge < -0.3 is 19.7 Å². The summed E-state index contributed by atoms with van der Waals surface area (Å²) < 4.78 is 11.6. The molecule has 2 atom stereocenters. The van der Waals surface area contributed by atoms with Crippen molar-refractivity contribution in [2.24, 2.45) is 0 Å². The van der Waals surface area contributed by atoms with E-state index in [1.165, 1.54) is 0 Å². The smallest absolute Gasteiger partial charge is 0.407 e. The van der Waals surface area contributed by atoms with Gasteiger partial charge in [-0.2, -0.15) is 0 Å². The van der Waals surface area contributed by atoms with Gasteiger partial charge in [-0.05, 0) is 49.9 Å². The van der Waals surface area contributed by atoms with E-state index in [2.05, 4.69) is 10.2 Å². The molecule has 188 valence electrons. The predicted octanol–water partition coefficient (Wildman–Crippen LogP) is 4.98. The van der Waals surface area contributed by atoms with Crippen LogP contribution in [0.1, 0.15) is 43.9 Å². The van der Waals surface area contributed by atoms with Gasteiger partial charge in [0.1, 0.15) is 6.10 Å². The summed E-state index contributed by atoms with van der Waals surface area (Å²) in [6.07, 6.45) is -0.226. The monoisotopic (exact) mass is 519 g/mol. The number of piperidine rings is 1. The third-order valence-electron chi connectivity index (χ3n) is 6.83.